The Kier molecular flexibility index (Phi) is 6.16. The number of nitrogens with two attached hydrogens (primary N) is 1. The molecule has 6 heteroatoms. The zero-order chi connectivity index (χ0) is 15.3. The quantitative estimate of drug-likeness (QED) is 0.763. The molecule has 1 rings (SSSR count). The largest absolute Gasteiger partial charge is 0.346 e. The fraction of sp³-hybridized carbons (Fsp3) is 0.429. The third kappa shape index (κ3) is 5.30. The van der Waals surface area contributed by atoms with Gasteiger partial charge in [-0.2, -0.15) is 0 Å². The molecular formula is C14H20BrN3O2. The van der Waals surface area contributed by atoms with Crippen LogP contribution in [-0.4, -0.2) is 24.4 Å². The van der Waals surface area contributed by atoms with Gasteiger partial charge in [0.15, 0.2) is 0 Å². The maximum absolute atomic E-state index is 11.8. The summed E-state index contributed by atoms with van der Waals surface area (Å²) in [4.78, 5) is 23.4. The van der Waals surface area contributed by atoms with Crippen molar-refractivity contribution in [2.24, 2.45) is 11.7 Å². The fourth-order valence-corrected chi connectivity index (χ4v) is 2.21. The lowest BCUT2D eigenvalue weighted by Crippen LogP contribution is -2.46. The Bertz CT molecular complexity index is 483. The topological polar surface area (TPSA) is 84.2 Å². The Labute approximate surface area is 127 Å². The van der Waals surface area contributed by atoms with Crippen molar-refractivity contribution in [1.29, 1.82) is 0 Å². The molecule has 4 N–H and O–H groups in total. The molecule has 0 heterocycles. The number of nitrogens with one attached hydrogen (secondary N) is 2. The van der Waals surface area contributed by atoms with Crippen LogP contribution in [0.15, 0.2) is 22.7 Å². The van der Waals surface area contributed by atoms with Gasteiger partial charge in [-0.15, -0.1) is 0 Å². The Hall–Kier alpha value is -1.40. The molecular weight excluding hydrogens is 322 g/mol. The molecule has 0 saturated carbocycles. The molecule has 0 fully saturated rings. The van der Waals surface area contributed by atoms with Crippen molar-refractivity contribution >= 4 is 33.4 Å². The number of carbonyl (C=O) groups excluding carboxylic acids is 2. The van der Waals surface area contributed by atoms with Gasteiger partial charge in [0.1, 0.15) is 0 Å². The van der Waals surface area contributed by atoms with E-state index in [1.54, 1.807) is 6.07 Å². The first-order valence-corrected chi connectivity index (χ1v) is 7.19. The number of amides is 2. The van der Waals surface area contributed by atoms with Crippen molar-refractivity contribution in [3.8, 4) is 0 Å². The molecule has 1 aromatic carbocycles. The molecule has 1 atom stereocenters. The molecule has 0 unspecified atom stereocenters. The van der Waals surface area contributed by atoms with E-state index >= 15 is 0 Å². The van der Waals surface area contributed by atoms with E-state index in [0.29, 0.717) is 5.69 Å². The second-order valence-electron chi connectivity index (χ2n) is 5.05. The molecule has 20 heavy (non-hydrogen) atoms. The van der Waals surface area contributed by atoms with E-state index in [1.807, 2.05) is 32.9 Å². The average molecular weight is 342 g/mol. The summed E-state index contributed by atoms with van der Waals surface area (Å²) < 4.78 is 0.888. The number of aryl methyl sites for hydroxylation is 1. The van der Waals surface area contributed by atoms with E-state index in [-0.39, 0.29) is 24.3 Å². The lowest BCUT2D eigenvalue weighted by Gasteiger charge is -2.15. The summed E-state index contributed by atoms with van der Waals surface area (Å²) in [7, 11) is 0. The Morgan fingerprint density at radius 3 is 2.50 bits per heavy atom. The first kappa shape index (κ1) is 16.7. The van der Waals surface area contributed by atoms with Crippen LogP contribution < -0.4 is 16.4 Å². The zero-order valence-corrected chi connectivity index (χ0v) is 13.5. The normalized spacial score (nSPS) is 12.1. The van der Waals surface area contributed by atoms with Crippen LogP contribution in [0.3, 0.4) is 0 Å². The van der Waals surface area contributed by atoms with E-state index in [1.165, 1.54) is 0 Å². The predicted molar refractivity (Wildman–Crippen MR) is 83.3 cm³/mol. The second-order valence-corrected chi connectivity index (χ2v) is 5.97. The highest BCUT2D eigenvalue weighted by Crippen LogP contribution is 2.18. The zero-order valence-electron chi connectivity index (χ0n) is 11.9. The number of hydrogen-bond donors (Lipinski definition) is 3. The lowest BCUT2D eigenvalue weighted by atomic mass is 10.1. The van der Waals surface area contributed by atoms with Crippen molar-refractivity contribution in [3.63, 3.8) is 0 Å². The van der Waals surface area contributed by atoms with Crippen LogP contribution in [-0.2, 0) is 9.59 Å². The Morgan fingerprint density at radius 2 is 1.95 bits per heavy atom. The lowest BCUT2D eigenvalue weighted by molar-refractivity contribution is -0.125. The minimum atomic E-state index is -0.601. The summed E-state index contributed by atoms with van der Waals surface area (Å²) in [6, 6.07) is 4.99. The molecule has 0 aliphatic heterocycles. The Morgan fingerprint density at radius 1 is 1.30 bits per heavy atom. The number of rotatable bonds is 5. The van der Waals surface area contributed by atoms with Crippen LogP contribution in [0.1, 0.15) is 19.4 Å². The number of carbonyl (C=O) groups is 2. The third-order valence-corrected chi connectivity index (χ3v) is 3.23. The van der Waals surface area contributed by atoms with E-state index < -0.39 is 6.04 Å². The van der Waals surface area contributed by atoms with Gasteiger partial charge in [-0.05, 0) is 36.6 Å². The van der Waals surface area contributed by atoms with Crippen molar-refractivity contribution in [2.45, 2.75) is 26.8 Å². The van der Waals surface area contributed by atoms with Crippen molar-refractivity contribution in [1.82, 2.24) is 5.32 Å². The van der Waals surface area contributed by atoms with Gasteiger partial charge in [0.2, 0.25) is 11.8 Å². The van der Waals surface area contributed by atoms with Crippen LogP contribution in [0.5, 0.6) is 0 Å². The predicted octanol–water partition coefficient (Wildman–Crippen LogP) is 1.80. The minimum Gasteiger partial charge on any atom is -0.346 e. The second kappa shape index (κ2) is 7.40. The molecule has 0 spiro atoms. The van der Waals surface area contributed by atoms with Crippen molar-refractivity contribution < 1.29 is 9.59 Å². The van der Waals surface area contributed by atoms with Crippen LogP contribution in [0.25, 0.3) is 0 Å². The fourth-order valence-electron chi connectivity index (χ4n) is 1.60. The smallest absolute Gasteiger partial charge is 0.243 e. The van der Waals surface area contributed by atoms with E-state index in [4.69, 9.17) is 5.73 Å². The van der Waals surface area contributed by atoms with E-state index in [9.17, 15) is 9.59 Å². The maximum Gasteiger partial charge on any atom is 0.243 e. The van der Waals surface area contributed by atoms with Gasteiger partial charge < -0.3 is 16.4 Å². The number of anilines is 1. The SMILES string of the molecule is Cc1cc(Br)cc(NC(=O)CNC(=O)[C@@H](N)C(C)C)c1. The van der Waals surface area contributed by atoms with Crippen molar-refractivity contribution in [3.05, 3.63) is 28.2 Å². The summed E-state index contributed by atoms with van der Waals surface area (Å²) in [5.41, 5.74) is 7.40. The molecule has 110 valence electrons. The van der Waals surface area contributed by atoms with Gasteiger partial charge in [-0.1, -0.05) is 29.8 Å². The molecule has 0 saturated heterocycles. The molecule has 2 amide bonds. The summed E-state index contributed by atoms with van der Waals surface area (Å²) in [6.45, 7) is 5.55. The molecule has 1 aromatic rings. The van der Waals surface area contributed by atoms with Crippen LogP contribution in [0.2, 0.25) is 0 Å². The summed E-state index contributed by atoms with van der Waals surface area (Å²) in [5.74, 6) is -0.571. The molecule has 0 aromatic heterocycles. The highest BCUT2D eigenvalue weighted by molar-refractivity contribution is 9.10. The highest BCUT2D eigenvalue weighted by Gasteiger charge is 2.17. The van der Waals surface area contributed by atoms with Gasteiger partial charge in [0.25, 0.3) is 0 Å². The highest BCUT2D eigenvalue weighted by atomic mass is 79.9. The molecule has 0 aliphatic rings. The van der Waals surface area contributed by atoms with Gasteiger partial charge >= 0.3 is 0 Å². The monoisotopic (exact) mass is 341 g/mol. The number of halogens is 1. The van der Waals surface area contributed by atoms with Crippen molar-refractivity contribution in [2.75, 3.05) is 11.9 Å². The minimum absolute atomic E-state index is 0.0331. The van der Waals surface area contributed by atoms with Crippen LogP contribution >= 0.6 is 15.9 Å². The average Bonchev–Trinajstić information content (AvgIpc) is 2.33. The summed E-state index contributed by atoms with van der Waals surface area (Å²) >= 11 is 3.36. The van der Waals surface area contributed by atoms with Gasteiger partial charge in [-0.3, -0.25) is 9.59 Å². The molecule has 0 aliphatic carbocycles. The van der Waals surface area contributed by atoms with Crippen LogP contribution in [0, 0.1) is 12.8 Å². The first-order valence-electron chi connectivity index (χ1n) is 6.40. The van der Waals surface area contributed by atoms with E-state index in [0.717, 1.165) is 10.0 Å². The van der Waals surface area contributed by atoms with Gasteiger partial charge in [0, 0.05) is 10.2 Å². The number of hydrogen-bond acceptors (Lipinski definition) is 3. The van der Waals surface area contributed by atoms with Crippen LogP contribution in [0.4, 0.5) is 5.69 Å². The molecule has 0 bridgehead atoms. The summed E-state index contributed by atoms with van der Waals surface area (Å²) in [6.07, 6.45) is 0. The summed E-state index contributed by atoms with van der Waals surface area (Å²) in [5, 5.41) is 5.25. The third-order valence-electron chi connectivity index (χ3n) is 2.77. The standard InChI is InChI=1S/C14H20BrN3O2/c1-8(2)13(16)14(20)17-7-12(19)18-11-5-9(3)4-10(15)6-11/h4-6,8,13H,7,16H2,1-3H3,(H,17,20)(H,18,19)/t13-/m0/s1. The molecule has 5 nitrogen and oxygen atoms in total. The van der Waals surface area contributed by atoms with Gasteiger partial charge in [0.05, 0.1) is 12.6 Å². The molecule has 0 radical (unpaired) electrons. The Balaban J connectivity index is 2.50. The van der Waals surface area contributed by atoms with Gasteiger partial charge in [-0.25, -0.2) is 0 Å². The number of benzene rings is 1. The first-order chi connectivity index (χ1) is 9.29. The maximum atomic E-state index is 11.8. The van der Waals surface area contributed by atoms with E-state index in [2.05, 4.69) is 26.6 Å².